The van der Waals surface area contributed by atoms with E-state index in [9.17, 15) is 4.79 Å². The van der Waals surface area contributed by atoms with Gasteiger partial charge < -0.3 is 20.1 Å². The second kappa shape index (κ2) is 7.14. The molecule has 1 saturated heterocycles. The Balaban J connectivity index is 1.74. The Morgan fingerprint density at radius 1 is 1.42 bits per heavy atom. The van der Waals surface area contributed by atoms with Crippen molar-refractivity contribution in [1.82, 2.24) is 14.9 Å². The van der Waals surface area contributed by atoms with Crippen molar-refractivity contribution >= 4 is 33.7 Å². The maximum absolute atomic E-state index is 11.1. The summed E-state index contributed by atoms with van der Waals surface area (Å²) in [5.41, 5.74) is 1.81. The molecule has 1 atom stereocenters. The molecule has 8 heteroatoms. The average Bonchev–Trinajstić information content (AvgIpc) is 2.58. The van der Waals surface area contributed by atoms with Gasteiger partial charge in [-0.15, -0.1) is 0 Å². The molecule has 7 nitrogen and oxygen atoms in total. The predicted molar refractivity (Wildman–Crippen MR) is 92.5 cm³/mol. The summed E-state index contributed by atoms with van der Waals surface area (Å²) >= 11 is 3.35. The lowest BCUT2D eigenvalue weighted by molar-refractivity contribution is -0.0233. The summed E-state index contributed by atoms with van der Waals surface area (Å²) in [4.78, 5) is 21.2. The first-order valence-corrected chi connectivity index (χ1v) is 8.27. The fourth-order valence-corrected chi connectivity index (χ4v) is 2.73. The van der Waals surface area contributed by atoms with E-state index in [4.69, 9.17) is 9.84 Å². The van der Waals surface area contributed by atoms with Gasteiger partial charge in [0.2, 0.25) is 0 Å². The molecule has 0 saturated carbocycles. The SMILES string of the molecule is Cc1cc([C@H]2CN(C(=O)O)CCO2)cnc1Nc1ccc(Br)cn1. The van der Waals surface area contributed by atoms with E-state index in [0.29, 0.717) is 31.3 Å². The second-order valence-electron chi connectivity index (χ2n) is 5.51. The van der Waals surface area contributed by atoms with E-state index in [1.54, 1.807) is 12.4 Å². The lowest BCUT2D eigenvalue weighted by atomic mass is 10.1. The minimum Gasteiger partial charge on any atom is -0.465 e. The lowest BCUT2D eigenvalue weighted by Gasteiger charge is -2.31. The van der Waals surface area contributed by atoms with Crippen LogP contribution in [-0.4, -0.2) is 45.8 Å². The highest BCUT2D eigenvalue weighted by Gasteiger charge is 2.25. The molecule has 3 rings (SSSR count). The monoisotopic (exact) mass is 392 g/mol. The molecule has 1 aliphatic rings. The largest absolute Gasteiger partial charge is 0.465 e. The summed E-state index contributed by atoms with van der Waals surface area (Å²) in [6.45, 7) is 3.04. The van der Waals surface area contributed by atoms with Gasteiger partial charge in [0, 0.05) is 29.0 Å². The molecule has 0 aliphatic carbocycles. The van der Waals surface area contributed by atoms with Gasteiger partial charge in [-0.05, 0) is 46.6 Å². The topological polar surface area (TPSA) is 87.6 Å². The maximum Gasteiger partial charge on any atom is 0.407 e. The van der Waals surface area contributed by atoms with Gasteiger partial charge in [0.15, 0.2) is 0 Å². The lowest BCUT2D eigenvalue weighted by Crippen LogP contribution is -2.41. The van der Waals surface area contributed by atoms with Crippen LogP contribution in [0.15, 0.2) is 35.1 Å². The Morgan fingerprint density at radius 2 is 2.25 bits per heavy atom. The van der Waals surface area contributed by atoms with Crippen molar-refractivity contribution in [3.05, 3.63) is 46.2 Å². The minimum atomic E-state index is -0.924. The molecule has 126 valence electrons. The van der Waals surface area contributed by atoms with Crippen LogP contribution in [0.25, 0.3) is 0 Å². The molecule has 0 bridgehead atoms. The van der Waals surface area contributed by atoms with Gasteiger partial charge in [0.05, 0.1) is 13.2 Å². The van der Waals surface area contributed by atoms with E-state index in [1.807, 2.05) is 25.1 Å². The van der Waals surface area contributed by atoms with Crippen LogP contribution in [-0.2, 0) is 4.74 Å². The van der Waals surface area contributed by atoms with E-state index in [2.05, 4.69) is 31.2 Å². The number of hydrogen-bond donors (Lipinski definition) is 2. The summed E-state index contributed by atoms with van der Waals surface area (Å²) in [5, 5.41) is 12.3. The molecule has 0 aromatic carbocycles. The number of anilines is 2. The van der Waals surface area contributed by atoms with Crippen LogP contribution in [0.2, 0.25) is 0 Å². The van der Waals surface area contributed by atoms with Crippen LogP contribution in [0.5, 0.6) is 0 Å². The molecule has 1 amide bonds. The third-order valence-corrected chi connectivity index (χ3v) is 4.25. The van der Waals surface area contributed by atoms with Crippen molar-refractivity contribution in [2.75, 3.05) is 25.0 Å². The van der Waals surface area contributed by atoms with Crippen LogP contribution >= 0.6 is 15.9 Å². The van der Waals surface area contributed by atoms with Crippen LogP contribution in [0, 0.1) is 6.92 Å². The molecule has 2 N–H and O–H groups in total. The van der Waals surface area contributed by atoms with Gasteiger partial charge >= 0.3 is 6.09 Å². The van der Waals surface area contributed by atoms with Crippen LogP contribution < -0.4 is 5.32 Å². The van der Waals surface area contributed by atoms with Gasteiger partial charge in [0.1, 0.15) is 17.7 Å². The number of halogens is 1. The number of morpholine rings is 1. The zero-order valence-electron chi connectivity index (χ0n) is 13.1. The van der Waals surface area contributed by atoms with Crippen LogP contribution in [0.3, 0.4) is 0 Å². The molecule has 0 radical (unpaired) electrons. The third kappa shape index (κ3) is 3.82. The number of aromatic nitrogens is 2. The van der Waals surface area contributed by atoms with Crippen molar-refractivity contribution in [2.45, 2.75) is 13.0 Å². The molecule has 24 heavy (non-hydrogen) atoms. The Bertz CT molecular complexity index is 739. The maximum atomic E-state index is 11.1. The minimum absolute atomic E-state index is 0.291. The molecule has 0 unspecified atom stereocenters. The molecule has 2 aromatic rings. The number of carbonyl (C=O) groups is 1. The molecule has 3 heterocycles. The average molecular weight is 393 g/mol. The smallest absolute Gasteiger partial charge is 0.407 e. The number of amides is 1. The summed E-state index contributed by atoms with van der Waals surface area (Å²) < 4.78 is 6.60. The van der Waals surface area contributed by atoms with Gasteiger partial charge in [-0.3, -0.25) is 0 Å². The van der Waals surface area contributed by atoms with E-state index >= 15 is 0 Å². The molecule has 0 spiro atoms. The summed E-state index contributed by atoms with van der Waals surface area (Å²) in [7, 11) is 0. The van der Waals surface area contributed by atoms with E-state index in [-0.39, 0.29) is 6.10 Å². The highest BCUT2D eigenvalue weighted by molar-refractivity contribution is 9.10. The highest BCUT2D eigenvalue weighted by Crippen LogP contribution is 2.25. The van der Waals surface area contributed by atoms with E-state index in [1.165, 1.54) is 4.90 Å². The van der Waals surface area contributed by atoms with Crippen molar-refractivity contribution in [3.63, 3.8) is 0 Å². The number of carboxylic acid groups (broad SMARTS) is 1. The van der Waals surface area contributed by atoms with Crippen molar-refractivity contribution in [3.8, 4) is 0 Å². The van der Waals surface area contributed by atoms with Gasteiger partial charge in [-0.1, -0.05) is 0 Å². The van der Waals surface area contributed by atoms with E-state index in [0.717, 1.165) is 15.6 Å². The van der Waals surface area contributed by atoms with Gasteiger partial charge in [0.25, 0.3) is 0 Å². The quantitative estimate of drug-likeness (QED) is 0.832. The van der Waals surface area contributed by atoms with Gasteiger partial charge in [-0.2, -0.15) is 0 Å². The number of ether oxygens (including phenoxy) is 1. The molecular weight excluding hydrogens is 376 g/mol. The Labute approximate surface area is 147 Å². The summed E-state index contributed by atoms with van der Waals surface area (Å²) in [6.07, 6.45) is 2.21. The number of nitrogens with zero attached hydrogens (tertiary/aromatic N) is 3. The standard InChI is InChI=1S/C16H17BrN4O3/c1-10-6-11(13-9-21(16(22)23)4-5-24-13)7-19-15(10)20-14-3-2-12(17)8-18-14/h2-3,6-8,13H,4-5,9H2,1H3,(H,22,23)(H,18,19,20)/t13-/m1/s1. The first-order chi connectivity index (χ1) is 11.5. The van der Waals surface area contributed by atoms with Crippen molar-refractivity contribution in [1.29, 1.82) is 0 Å². The predicted octanol–water partition coefficient (Wildman–Crippen LogP) is 3.34. The fourth-order valence-electron chi connectivity index (χ4n) is 2.50. The zero-order valence-corrected chi connectivity index (χ0v) is 14.7. The number of rotatable bonds is 3. The Morgan fingerprint density at radius 3 is 2.92 bits per heavy atom. The van der Waals surface area contributed by atoms with E-state index < -0.39 is 6.09 Å². The highest BCUT2D eigenvalue weighted by atomic mass is 79.9. The Kier molecular flexibility index (Phi) is 4.96. The summed E-state index contributed by atoms with van der Waals surface area (Å²) in [6, 6.07) is 5.72. The zero-order chi connectivity index (χ0) is 17.1. The van der Waals surface area contributed by atoms with Gasteiger partial charge in [-0.25, -0.2) is 14.8 Å². The number of pyridine rings is 2. The molecule has 1 aliphatic heterocycles. The van der Waals surface area contributed by atoms with Crippen LogP contribution in [0.1, 0.15) is 17.2 Å². The van der Waals surface area contributed by atoms with Crippen LogP contribution in [0.4, 0.5) is 16.4 Å². The molecule has 1 fully saturated rings. The number of nitrogens with one attached hydrogen (secondary N) is 1. The Hall–Kier alpha value is -2.19. The second-order valence-corrected chi connectivity index (χ2v) is 6.42. The summed E-state index contributed by atoms with van der Waals surface area (Å²) in [5.74, 6) is 1.41. The third-order valence-electron chi connectivity index (χ3n) is 3.78. The number of aryl methyl sites for hydroxylation is 1. The first kappa shape index (κ1) is 16.7. The normalized spacial score (nSPS) is 17.6. The van der Waals surface area contributed by atoms with Crippen molar-refractivity contribution in [2.24, 2.45) is 0 Å². The first-order valence-electron chi connectivity index (χ1n) is 7.47. The fraction of sp³-hybridized carbons (Fsp3) is 0.312. The molecular formula is C16H17BrN4O3. The van der Waals surface area contributed by atoms with Crippen molar-refractivity contribution < 1.29 is 14.6 Å². The number of hydrogen-bond acceptors (Lipinski definition) is 5. The molecule has 2 aromatic heterocycles.